The monoisotopic (exact) mass is 196 g/mol. The Hall–Kier alpha value is -0.800. The smallest absolute Gasteiger partial charge is 0.0947 e. The minimum Gasteiger partial charge on any atom is -0.472 e. The normalized spacial score (nSPS) is 13.4. The Morgan fingerprint density at radius 1 is 1.57 bits per heavy atom. The van der Waals surface area contributed by atoms with E-state index in [4.69, 9.17) is 10.2 Å². The fourth-order valence-corrected chi connectivity index (χ4v) is 1.36. The minimum absolute atomic E-state index is 0.335. The van der Waals surface area contributed by atoms with Gasteiger partial charge in [-0.2, -0.15) is 0 Å². The summed E-state index contributed by atoms with van der Waals surface area (Å²) >= 11 is 0. The number of hydrogen-bond donors (Lipinski definition) is 1. The van der Waals surface area contributed by atoms with Crippen LogP contribution in [0.5, 0.6) is 0 Å². The second kappa shape index (κ2) is 5.83. The van der Waals surface area contributed by atoms with E-state index in [-0.39, 0.29) is 0 Å². The molecule has 2 N–H and O–H groups in total. The molecule has 0 aliphatic carbocycles. The Morgan fingerprint density at radius 2 is 2.36 bits per heavy atom. The van der Waals surface area contributed by atoms with Gasteiger partial charge in [-0.05, 0) is 32.5 Å². The van der Waals surface area contributed by atoms with Crippen molar-refractivity contribution in [1.82, 2.24) is 4.90 Å². The van der Waals surface area contributed by atoms with Crippen LogP contribution in [-0.2, 0) is 6.54 Å². The van der Waals surface area contributed by atoms with Gasteiger partial charge in [-0.15, -0.1) is 0 Å². The van der Waals surface area contributed by atoms with Crippen LogP contribution < -0.4 is 5.73 Å². The molecule has 0 saturated heterocycles. The zero-order chi connectivity index (χ0) is 10.4. The number of hydrogen-bond acceptors (Lipinski definition) is 3. The molecule has 0 spiro atoms. The van der Waals surface area contributed by atoms with Gasteiger partial charge in [0, 0.05) is 18.2 Å². The third kappa shape index (κ3) is 3.94. The number of nitrogens with two attached hydrogens (primary N) is 1. The molecule has 0 aliphatic rings. The number of furan rings is 1. The van der Waals surface area contributed by atoms with Crippen molar-refractivity contribution in [1.29, 1.82) is 0 Å². The summed E-state index contributed by atoms with van der Waals surface area (Å²) in [7, 11) is 2.11. The molecule has 3 heteroatoms. The van der Waals surface area contributed by atoms with Gasteiger partial charge in [-0.25, -0.2) is 0 Å². The first-order valence-corrected chi connectivity index (χ1v) is 5.17. The molecule has 0 bridgehead atoms. The summed E-state index contributed by atoms with van der Waals surface area (Å²) in [5.74, 6) is 0. The Bertz CT molecular complexity index is 233. The summed E-state index contributed by atoms with van der Waals surface area (Å²) in [6, 6.07) is 2.33. The Kier molecular flexibility index (Phi) is 4.70. The van der Waals surface area contributed by atoms with Crippen molar-refractivity contribution in [2.24, 2.45) is 5.73 Å². The van der Waals surface area contributed by atoms with E-state index in [2.05, 4.69) is 18.9 Å². The fourth-order valence-electron chi connectivity index (χ4n) is 1.36. The molecule has 0 amide bonds. The molecule has 0 radical (unpaired) electrons. The van der Waals surface area contributed by atoms with Crippen molar-refractivity contribution in [3.63, 3.8) is 0 Å². The molecule has 0 aromatic carbocycles. The lowest BCUT2D eigenvalue weighted by Crippen LogP contribution is -2.27. The van der Waals surface area contributed by atoms with E-state index in [1.165, 1.54) is 5.56 Å². The summed E-state index contributed by atoms with van der Waals surface area (Å²) in [4.78, 5) is 2.26. The lowest BCUT2D eigenvalue weighted by Gasteiger charge is -2.17. The van der Waals surface area contributed by atoms with Crippen LogP contribution in [0.3, 0.4) is 0 Å². The maximum Gasteiger partial charge on any atom is 0.0947 e. The van der Waals surface area contributed by atoms with E-state index >= 15 is 0 Å². The Morgan fingerprint density at radius 3 is 2.93 bits per heavy atom. The molecular formula is C11H20N2O. The van der Waals surface area contributed by atoms with Crippen molar-refractivity contribution < 1.29 is 4.42 Å². The summed E-state index contributed by atoms with van der Waals surface area (Å²) in [5, 5.41) is 0. The fraction of sp³-hybridized carbons (Fsp3) is 0.636. The Balaban J connectivity index is 2.19. The second-order valence-corrected chi connectivity index (χ2v) is 3.83. The summed E-state index contributed by atoms with van der Waals surface area (Å²) in [6.45, 7) is 4.11. The van der Waals surface area contributed by atoms with Crippen LogP contribution in [0.4, 0.5) is 0 Å². The van der Waals surface area contributed by atoms with Crippen LogP contribution in [0, 0.1) is 0 Å². The van der Waals surface area contributed by atoms with Crippen molar-refractivity contribution >= 4 is 0 Å². The van der Waals surface area contributed by atoms with Gasteiger partial charge in [0.2, 0.25) is 0 Å². The van der Waals surface area contributed by atoms with Gasteiger partial charge in [-0.1, -0.05) is 6.92 Å². The van der Waals surface area contributed by atoms with Gasteiger partial charge < -0.3 is 15.1 Å². The van der Waals surface area contributed by atoms with Gasteiger partial charge in [0.05, 0.1) is 12.5 Å². The average Bonchev–Trinajstić information content (AvgIpc) is 2.66. The van der Waals surface area contributed by atoms with Crippen LogP contribution in [0.1, 0.15) is 25.3 Å². The molecule has 1 heterocycles. The van der Waals surface area contributed by atoms with Gasteiger partial charge in [0.15, 0.2) is 0 Å². The average molecular weight is 196 g/mol. The van der Waals surface area contributed by atoms with E-state index < -0.39 is 0 Å². The maximum atomic E-state index is 5.85. The quantitative estimate of drug-likeness (QED) is 0.755. The molecule has 1 aromatic rings. The van der Waals surface area contributed by atoms with Crippen LogP contribution in [0.25, 0.3) is 0 Å². The largest absolute Gasteiger partial charge is 0.472 e. The molecule has 0 saturated carbocycles. The molecule has 14 heavy (non-hydrogen) atoms. The second-order valence-electron chi connectivity index (χ2n) is 3.83. The third-order valence-corrected chi connectivity index (χ3v) is 2.44. The predicted octanol–water partition coefficient (Wildman–Crippen LogP) is 1.84. The predicted molar refractivity (Wildman–Crippen MR) is 57.9 cm³/mol. The van der Waals surface area contributed by atoms with Crippen molar-refractivity contribution in [2.75, 3.05) is 13.6 Å². The summed E-state index contributed by atoms with van der Waals surface area (Å²) in [5.41, 5.74) is 7.07. The molecule has 1 rings (SSSR count). The first-order chi connectivity index (χ1) is 6.72. The van der Waals surface area contributed by atoms with E-state index in [0.717, 1.165) is 25.9 Å². The minimum atomic E-state index is 0.335. The zero-order valence-corrected chi connectivity index (χ0v) is 9.07. The first kappa shape index (κ1) is 11.3. The van der Waals surface area contributed by atoms with Crippen LogP contribution in [0.15, 0.2) is 23.0 Å². The highest BCUT2D eigenvalue weighted by Crippen LogP contribution is 2.04. The standard InChI is InChI=1S/C11H20N2O/c1-3-11(12)4-6-13(2)8-10-5-7-14-9-10/h5,7,9,11H,3-4,6,8,12H2,1-2H3. The van der Waals surface area contributed by atoms with E-state index in [1.807, 2.05) is 6.07 Å². The molecule has 80 valence electrons. The SMILES string of the molecule is CCC(N)CCN(C)Cc1ccoc1. The van der Waals surface area contributed by atoms with Crippen LogP contribution >= 0.6 is 0 Å². The summed E-state index contributed by atoms with van der Waals surface area (Å²) in [6.07, 6.45) is 5.61. The number of nitrogens with zero attached hydrogens (tertiary/aromatic N) is 1. The lowest BCUT2D eigenvalue weighted by atomic mass is 10.1. The maximum absolute atomic E-state index is 5.85. The van der Waals surface area contributed by atoms with E-state index in [1.54, 1.807) is 12.5 Å². The molecule has 0 aliphatic heterocycles. The molecule has 1 aromatic heterocycles. The van der Waals surface area contributed by atoms with E-state index in [9.17, 15) is 0 Å². The van der Waals surface area contributed by atoms with E-state index in [0.29, 0.717) is 6.04 Å². The first-order valence-electron chi connectivity index (χ1n) is 5.17. The van der Waals surface area contributed by atoms with Gasteiger partial charge in [0.25, 0.3) is 0 Å². The third-order valence-electron chi connectivity index (χ3n) is 2.44. The van der Waals surface area contributed by atoms with Gasteiger partial charge in [0.1, 0.15) is 0 Å². The topological polar surface area (TPSA) is 42.4 Å². The Labute approximate surface area is 85.9 Å². The zero-order valence-electron chi connectivity index (χ0n) is 9.07. The highest BCUT2D eigenvalue weighted by atomic mass is 16.3. The van der Waals surface area contributed by atoms with Crippen molar-refractivity contribution in [2.45, 2.75) is 32.4 Å². The highest BCUT2D eigenvalue weighted by molar-refractivity contribution is 5.04. The molecule has 1 atom stereocenters. The van der Waals surface area contributed by atoms with Crippen LogP contribution in [0.2, 0.25) is 0 Å². The molecule has 1 unspecified atom stereocenters. The van der Waals surface area contributed by atoms with Gasteiger partial charge >= 0.3 is 0 Å². The molecule has 3 nitrogen and oxygen atoms in total. The highest BCUT2D eigenvalue weighted by Gasteiger charge is 2.04. The van der Waals surface area contributed by atoms with Crippen molar-refractivity contribution in [3.8, 4) is 0 Å². The molecule has 0 fully saturated rings. The number of rotatable bonds is 6. The van der Waals surface area contributed by atoms with Gasteiger partial charge in [-0.3, -0.25) is 0 Å². The molecular weight excluding hydrogens is 176 g/mol. The van der Waals surface area contributed by atoms with Crippen LogP contribution in [-0.4, -0.2) is 24.5 Å². The lowest BCUT2D eigenvalue weighted by molar-refractivity contribution is 0.308. The van der Waals surface area contributed by atoms with Crippen molar-refractivity contribution in [3.05, 3.63) is 24.2 Å². The summed E-state index contributed by atoms with van der Waals surface area (Å²) < 4.78 is 5.01.